The van der Waals surface area contributed by atoms with E-state index in [9.17, 15) is 4.79 Å². The molecule has 0 spiro atoms. The third-order valence-electron chi connectivity index (χ3n) is 1.87. The monoisotopic (exact) mass is 174 g/mol. The van der Waals surface area contributed by atoms with Gasteiger partial charge in [0.25, 0.3) is 0 Å². The van der Waals surface area contributed by atoms with Crippen LogP contribution in [0.2, 0.25) is 0 Å². The van der Waals surface area contributed by atoms with Gasteiger partial charge in [-0.15, -0.1) is 0 Å². The molecule has 0 bridgehead atoms. The van der Waals surface area contributed by atoms with Crippen molar-refractivity contribution in [2.24, 2.45) is 0 Å². The van der Waals surface area contributed by atoms with Crippen molar-refractivity contribution < 1.29 is 4.79 Å². The smallest absolute Gasteiger partial charge is 0.152 e. The summed E-state index contributed by atoms with van der Waals surface area (Å²) in [5.74, 6) is 0. The molecule has 13 heavy (non-hydrogen) atoms. The number of benzene rings is 1. The molecule has 0 fully saturated rings. The Kier molecular flexibility index (Phi) is 2.65. The molecule has 0 unspecified atom stereocenters. The minimum absolute atomic E-state index is 0.513. The van der Waals surface area contributed by atoms with Crippen molar-refractivity contribution in [3.8, 4) is 6.07 Å². The second-order valence-corrected chi connectivity index (χ2v) is 2.74. The van der Waals surface area contributed by atoms with Gasteiger partial charge < -0.3 is 5.32 Å². The summed E-state index contributed by atoms with van der Waals surface area (Å²) < 4.78 is 0. The Labute approximate surface area is 77.0 Å². The summed E-state index contributed by atoms with van der Waals surface area (Å²) in [6.45, 7) is 1.86. The molecule has 1 N–H and O–H groups in total. The highest BCUT2D eigenvalue weighted by Crippen LogP contribution is 2.20. The number of nitrogens with one attached hydrogen (secondary N) is 1. The molecule has 0 saturated carbocycles. The lowest BCUT2D eigenvalue weighted by atomic mass is 10.0. The molecule has 0 aliphatic rings. The van der Waals surface area contributed by atoms with Crippen molar-refractivity contribution in [1.29, 1.82) is 5.26 Å². The largest absolute Gasteiger partial charge is 0.387 e. The number of carbonyl (C=O) groups excluding carboxylic acids is 1. The Balaban J connectivity index is 3.39. The predicted octanol–water partition coefficient (Wildman–Crippen LogP) is 1.72. The summed E-state index contributed by atoms with van der Waals surface area (Å²) in [5, 5.41) is 11.6. The second-order valence-electron chi connectivity index (χ2n) is 2.74. The topological polar surface area (TPSA) is 52.9 Å². The van der Waals surface area contributed by atoms with Crippen LogP contribution in [-0.4, -0.2) is 13.3 Å². The van der Waals surface area contributed by atoms with Crippen molar-refractivity contribution in [3.05, 3.63) is 28.8 Å². The van der Waals surface area contributed by atoms with E-state index in [0.717, 1.165) is 17.5 Å². The number of hydrogen-bond acceptors (Lipinski definition) is 3. The maximum atomic E-state index is 10.7. The number of aldehydes is 1. The first-order valence-corrected chi connectivity index (χ1v) is 3.90. The first kappa shape index (κ1) is 9.27. The molecular weight excluding hydrogens is 164 g/mol. The summed E-state index contributed by atoms with van der Waals surface area (Å²) in [7, 11) is 1.75. The van der Waals surface area contributed by atoms with Gasteiger partial charge in [-0.1, -0.05) is 0 Å². The van der Waals surface area contributed by atoms with E-state index in [-0.39, 0.29) is 0 Å². The van der Waals surface area contributed by atoms with Crippen molar-refractivity contribution in [3.63, 3.8) is 0 Å². The highest BCUT2D eigenvalue weighted by Gasteiger charge is 2.05. The molecule has 0 aliphatic heterocycles. The Hall–Kier alpha value is -1.82. The van der Waals surface area contributed by atoms with Crippen molar-refractivity contribution in [1.82, 2.24) is 0 Å². The first-order chi connectivity index (χ1) is 6.22. The van der Waals surface area contributed by atoms with Crippen molar-refractivity contribution in [2.75, 3.05) is 12.4 Å². The van der Waals surface area contributed by atoms with Gasteiger partial charge in [-0.3, -0.25) is 4.79 Å². The molecule has 1 aromatic rings. The lowest BCUT2D eigenvalue weighted by Gasteiger charge is -2.07. The summed E-state index contributed by atoms with van der Waals surface area (Å²) >= 11 is 0. The third kappa shape index (κ3) is 1.67. The van der Waals surface area contributed by atoms with Gasteiger partial charge in [0.15, 0.2) is 6.29 Å². The molecule has 0 radical (unpaired) electrons. The lowest BCUT2D eigenvalue weighted by Crippen LogP contribution is -1.98. The quantitative estimate of drug-likeness (QED) is 0.694. The van der Waals surface area contributed by atoms with E-state index in [4.69, 9.17) is 5.26 Å². The zero-order valence-corrected chi connectivity index (χ0v) is 7.59. The average Bonchev–Trinajstić information content (AvgIpc) is 2.16. The van der Waals surface area contributed by atoms with Crippen LogP contribution in [0.3, 0.4) is 0 Å². The fourth-order valence-corrected chi connectivity index (χ4v) is 1.31. The number of carbonyl (C=O) groups is 1. The minimum Gasteiger partial charge on any atom is -0.387 e. The summed E-state index contributed by atoms with van der Waals surface area (Å²) in [6.07, 6.45) is 0.750. The predicted molar refractivity (Wildman–Crippen MR) is 50.8 cm³/mol. The summed E-state index contributed by atoms with van der Waals surface area (Å²) in [4.78, 5) is 10.7. The van der Waals surface area contributed by atoms with Gasteiger partial charge in [-0.25, -0.2) is 0 Å². The van der Waals surface area contributed by atoms with Gasteiger partial charge in [-0.2, -0.15) is 5.26 Å². The number of aryl methyl sites for hydroxylation is 1. The Morgan fingerprint density at radius 2 is 2.23 bits per heavy atom. The van der Waals surface area contributed by atoms with E-state index in [2.05, 4.69) is 5.32 Å². The minimum atomic E-state index is 0.513. The fraction of sp³-hybridized carbons (Fsp3) is 0.200. The van der Waals surface area contributed by atoms with Gasteiger partial charge in [-0.05, 0) is 24.6 Å². The zero-order valence-electron chi connectivity index (χ0n) is 7.59. The fourth-order valence-electron chi connectivity index (χ4n) is 1.31. The van der Waals surface area contributed by atoms with Crippen LogP contribution in [0, 0.1) is 18.3 Å². The molecule has 0 amide bonds. The number of hydrogen-bond donors (Lipinski definition) is 1. The van der Waals surface area contributed by atoms with Crippen LogP contribution in [0.15, 0.2) is 12.1 Å². The molecule has 0 atom stereocenters. The highest BCUT2D eigenvalue weighted by molar-refractivity contribution is 5.86. The van der Waals surface area contributed by atoms with E-state index >= 15 is 0 Å². The Bertz CT molecular complexity index is 377. The van der Waals surface area contributed by atoms with Crippen molar-refractivity contribution >= 4 is 12.0 Å². The number of nitriles is 1. The molecule has 66 valence electrons. The molecular formula is C10H10N2O. The zero-order chi connectivity index (χ0) is 9.84. The summed E-state index contributed by atoms with van der Waals surface area (Å²) in [6, 6.07) is 5.33. The summed E-state index contributed by atoms with van der Waals surface area (Å²) in [5.41, 5.74) is 2.73. The normalized spacial score (nSPS) is 9.00. The molecule has 1 rings (SSSR count). The molecule has 1 aromatic carbocycles. The van der Waals surface area contributed by atoms with E-state index in [1.165, 1.54) is 0 Å². The van der Waals surface area contributed by atoms with E-state index in [0.29, 0.717) is 11.1 Å². The second kappa shape index (κ2) is 3.72. The first-order valence-electron chi connectivity index (χ1n) is 3.90. The van der Waals surface area contributed by atoms with E-state index in [1.54, 1.807) is 19.2 Å². The molecule has 3 nitrogen and oxygen atoms in total. The molecule has 0 aliphatic carbocycles. The standard InChI is InChI=1S/C10H10N2O/c1-7-3-8(5-11)4-9(6-13)10(7)12-2/h3-4,6,12H,1-2H3. The maximum Gasteiger partial charge on any atom is 0.152 e. The average molecular weight is 174 g/mol. The molecule has 0 aromatic heterocycles. The van der Waals surface area contributed by atoms with Gasteiger partial charge in [0.2, 0.25) is 0 Å². The lowest BCUT2D eigenvalue weighted by molar-refractivity contribution is 0.112. The van der Waals surface area contributed by atoms with Crippen LogP contribution in [0.1, 0.15) is 21.5 Å². The van der Waals surface area contributed by atoms with E-state index in [1.807, 2.05) is 13.0 Å². The van der Waals surface area contributed by atoms with Crippen LogP contribution in [0.25, 0.3) is 0 Å². The Morgan fingerprint density at radius 1 is 1.54 bits per heavy atom. The van der Waals surface area contributed by atoms with Gasteiger partial charge in [0, 0.05) is 18.3 Å². The van der Waals surface area contributed by atoms with E-state index < -0.39 is 0 Å². The van der Waals surface area contributed by atoms with Gasteiger partial charge in [0.1, 0.15) is 0 Å². The number of nitrogens with zero attached hydrogens (tertiary/aromatic N) is 1. The Morgan fingerprint density at radius 3 is 2.69 bits per heavy atom. The van der Waals surface area contributed by atoms with Crippen LogP contribution in [0.5, 0.6) is 0 Å². The highest BCUT2D eigenvalue weighted by atomic mass is 16.1. The van der Waals surface area contributed by atoms with Crippen LogP contribution < -0.4 is 5.32 Å². The van der Waals surface area contributed by atoms with Gasteiger partial charge >= 0.3 is 0 Å². The van der Waals surface area contributed by atoms with Crippen molar-refractivity contribution in [2.45, 2.75) is 6.92 Å². The molecule has 3 heteroatoms. The molecule has 0 heterocycles. The van der Waals surface area contributed by atoms with Crippen LogP contribution >= 0.6 is 0 Å². The molecule has 0 saturated heterocycles. The SMILES string of the molecule is CNc1c(C)cc(C#N)cc1C=O. The third-order valence-corrected chi connectivity index (χ3v) is 1.87. The number of rotatable bonds is 2. The van der Waals surface area contributed by atoms with Crippen LogP contribution in [0.4, 0.5) is 5.69 Å². The maximum absolute atomic E-state index is 10.7. The number of anilines is 1. The van der Waals surface area contributed by atoms with Crippen LogP contribution in [-0.2, 0) is 0 Å². The van der Waals surface area contributed by atoms with Gasteiger partial charge in [0.05, 0.1) is 11.6 Å².